The number of fused-ring (bicyclic) bond motifs is 1. The molecular formula is C23H33N3O4. The third kappa shape index (κ3) is 6.90. The molecule has 0 saturated carbocycles. The van der Waals surface area contributed by atoms with Gasteiger partial charge in [0.2, 0.25) is 5.96 Å². The molecule has 1 aliphatic rings. The summed E-state index contributed by atoms with van der Waals surface area (Å²) in [6.45, 7) is 15.7. The fraction of sp³-hybridized carbons (Fsp3) is 0.522. The summed E-state index contributed by atoms with van der Waals surface area (Å²) in [5.74, 6) is 0.202. The van der Waals surface area contributed by atoms with Crippen molar-refractivity contribution in [1.29, 1.82) is 0 Å². The first kappa shape index (κ1) is 23.4. The number of ether oxygens (including phenoxy) is 2. The second-order valence-corrected chi connectivity index (χ2v) is 9.21. The molecule has 1 aliphatic heterocycles. The molecule has 0 unspecified atom stereocenters. The number of hydrogen-bond acceptors (Lipinski definition) is 4. The van der Waals surface area contributed by atoms with Gasteiger partial charge in [0.15, 0.2) is 0 Å². The highest BCUT2D eigenvalue weighted by Gasteiger charge is 2.31. The highest BCUT2D eigenvalue weighted by atomic mass is 16.6. The summed E-state index contributed by atoms with van der Waals surface area (Å²) in [6.07, 6.45) is 1.00. The predicted octanol–water partition coefficient (Wildman–Crippen LogP) is 4.76. The van der Waals surface area contributed by atoms with Crippen molar-refractivity contribution < 1.29 is 19.1 Å². The molecule has 0 aromatic heterocycles. The fourth-order valence-electron chi connectivity index (χ4n) is 3.02. The smallest absolute Gasteiger partial charge is 0.437 e. The fourth-order valence-corrected chi connectivity index (χ4v) is 3.02. The van der Waals surface area contributed by atoms with Crippen LogP contribution in [-0.2, 0) is 22.4 Å². The van der Waals surface area contributed by atoms with Crippen molar-refractivity contribution in [2.24, 2.45) is 4.99 Å². The molecule has 1 aromatic rings. The van der Waals surface area contributed by atoms with Crippen LogP contribution >= 0.6 is 0 Å². The largest absolute Gasteiger partial charge is 0.443 e. The summed E-state index contributed by atoms with van der Waals surface area (Å²) >= 11 is 0. The van der Waals surface area contributed by atoms with Gasteiger partial charge in [-0.2, -0.15) is 0 Å². The first-order valence-electron chi connectivity index (χ1n) is 10.1. The van der Waals surface area contributed by atoms with E-state index in [1.54, 1.807) is 47.6 Å². The molecule has 0 bridgehead atoms. The molecule has 0 spiro atoms. The molecule has 2 rings (SSSR count). The summed E-state index contributed by atoms with van der Waals surface area (Å²) in [5.41, 5.74) is 0.985. The number of amides is 2. The lowest BCUT2D eigenvalue weighted by molar-refractivity contribution is 0.0360. The van der Waals surface area contributed by atoms with Crippen molar-refractivity contribution in [3.63, 3.8) is 0 Å². The number of hydrogen-bond donors (Lipinski definition) is 0. The summed E-state index contributed by atoms with van der Waals surface area (Å²) < 4.78 is 10.9. The maximum Gasteiger partial charge on any atom is 0.437 e. The molecule has 0 saturated heterocycles. The Morgan fingerprint density at radius 1 is 1.10 bits per heavy atom. The highest BCUT2D eigenvalue weighted by Crippen LogP contribution is 2.21. The van der Waals surface area contributed by atoms with E-state index in [1.165, 1.54) is 10.5 Å². The molecule has 1 aromatic carbocycles. The van der Waals surface area contributed by atoms with Crippen LogP contribution < -0.4 is 0 Å². The minimum atomic E-state index is -0.756. The Balaban J connectivity index is 2.42. The van der Waals surface area contributed by atoms with E-state index in [2.05, 4.69) is 17.6 Å². The monoisotopic (exact) mass is 415 g/mol. The lowest BCUT2D eigenvalue weighted by Gasteiger charge is -2.36. The van der Waals surface area contributed by atoms with E-state index >= 15 is 0 Å². The van der Waals surface area contributed by atoms with Gasteiger partial charge in [0, 0.05) is 19.6 Å². The Hall–Kier alpha value is -2.83. The molecule has 1 heterocycles. The van der Waals surface area contributed by atoms with Crippen molar-refractivity contribution in [2.75, 3.05) is 13.1 Å². The Bertz CT molecular complexity index is 818. The molecule has 0 aliphatic carbocycles. The topological polar surface area (TPSA) is 71.4 Å². The quantitative estimate of drug-likeness (QED) is 0.396. The van der Waals surface area contributed by atoms with Crippen LogP contribution in [-0.4, -0.2) is 52.2 Å². The zero-order valence-electron chi connectivity index (χ0n) is 18.9. The average molecular weight is 416 g/mol. The molecule has 7 nitrogen and oxygen atoms in total. The molecule has 164 valence electrons. The van der Waals surface area contributed by atoms with Crippen LogP contribution in [0, 0.1) is 0 Å². The normalized spacial score (nSPS) is 14.6. The SMILES string of the molecule is C=CCN(C(=O)OC(C)(C)C)/C(=N/C(=O)OC(C)(C)C)N1CCc2ccccc2C1. The molecule has 0 fully saturated rings. The van der Waals surface area contributed by atoms with E-state index in [-0.39, 0.29) is 12.5 Å². The highest BCUT2D eigenvalue weighted by molar-refractivity contribution is 5.99. The van der Waals surface area contributed by atoms with E-state index in [9.17, 15) is 9.59 Å². The summed E-state index contributed by atoms with van der Waals surface area (Å²) in [4.78, 5) is 32.9. The number of nitrogens with zero attached hydrogens (tertiary/aromatic N) is 3. The number of benzene rings is 1. The summed E-state index contributed by atoms with van der Waals surface area (Å²) in [7, 11) is 0. The average Bonchev–Trinajstić information content (AvgIpc) is 2.61. The van der Waals surface area contributed by atoms with Gasteiger partial charge in [-0.1, -0.05) is 30.3 Å². The van der Waals surface area contributed by atoms with E-state index < -0.39 is 23.4 Å². The number of carbonyl (C=O) groups excluding carboxylic acids is 2. The maximum atomic E-state index is 12.9. The van der Waals surface area contributed by atoms with Crippen LogP contribution in [0.5, 0.6) is 0 Å². The minimum Gasteiger partial charge on any atom is -0.443 e. The van der Waals surface area contributed by atoms with Crippen LogP contribution in [0.3, 0.4) is 0 Å². The Morgan fingerprint density at radius 3 is 2.27 bits per heavy atom. The van der Waals surface area contributed by atoms with Crippen molar-refractivity contribution in [2.45, 2.75) is 65.7 Å². The molecule has 0 atom stereocenters. The van der Waals surface area contributed by atoms with Crippen LogP contribution in [0.15, 0.2) is 41.9 Å². The van der Waals surface area contributed by atoms with Crippen LogP contribution in [0.25, 0.3) is 0 Å². The van der Waals surface area contributed by atoms with Gasteiger partial charge < -0.3 is 14.4 Å². The van der Waals surface area contributed by atoms with Gasteiger partial charge in [0.05, 0.1) is 0 Å². The van der Waals surface area contributed by atoms with Gasteiger partial charge in [-0.3, -0.25) is 0 Å². The zero-order valence-corrected chi connectivity index (χ0v) is 18.9. The van der Waals surface area contributed by atoms with E-state index in [1.807, 2.05) is 23.1 Å². The molecule has 2 amide bonds. The maximum absolute atomic E-state index is 12.9. The van der Waals surface area contributed by atoms with Crippen LogP contribution in [0.2, 0.25) is 0 Å². The van der Waals surface area contributed by atoms with Crippen molar-refractivity contribution in [3.05, 3.63) is 48.0 Å². The van der Waals surface area contributed by atoms with Gasteiger partial charge in [-0.25, -0.2) is 14.5 Å². The molecule has 7 heteroatoms. The standard InChI is InChI=1S/C23H33N3O4/c1-8-14-26(21(28)30-23(5,6)7)19(24-20(27)29-22(2,3)4)25-15-13-17-11-9-10-12-18(17)16-25/h8-12H,1,13-16H2,2-7H3/b24-19+. The molecule has 30 heavy (non-hydrogen) atoms. The zero-order chi connectivity index (χ0) is 22.5. The predicted molar refractivity (Wildman–Crippen MR) is 117 cm³/mol. The van der Waals surface area contributed by atoms with Gasteiger partial charge >= 0.3 is 12.2 Å². The first-order valence-corrected chi connectivity index (χ1v) is 10.1. The third-order valence-corrected chi connectivity index (χ3v) is 4.17. The van der Waals surface area contributed by atoms with E-state index in [0.717, 1.165) is 12.0 Å². The second kappa shape index (κ2) is 9.32. The van der Waals surface area contributed by atoms with E-state index in [0.29, 0.717) is 13.1 Å². The molecular weight excluding hydrogens is 382 g/mol. The Kier molecular flexibility index (Phi) is 7.29. The van der Waals surface area contributed by atoms with E-state index in [4.69, 9.17) is 9.47 Å². The molecule has 0 N–H and O–H groups in total. The number of aliphatic imine (C=N–C) groups is 1. The minimum absolute atomic E-state index is 0.148. The summed E-state index contributed by atoms with van der Waals surface area (Å²) in [6, 6.07) is 8.11. The van der Waals surface area contributed by atoms with Crippen molar-refractivity contribution >= 4 is 18.1 Å². The van der Waals surface area contributed by atoms with Gasteiger partial charge in [-0.15, -0.1) is 11.6 Å². The van der Waals surface area contributed by atoms with Gasteiger partial charge in [0.1, 0.15) is 11.2 Å². The number of guanidine groups is 1. The van der Waals surface area contributed by atoms with Crippen molar-refractivity contribution in [1.82, 2.24) is 9.80 Å². The number of rotatable bonds is 2. The first-order chi connectivity index (χ1) is 13.9. The van der Waals surface area contributed by atoms with Crippen molar-refractivity contribution in [3.8, 4) is 0 Å². The lowest BCUT2D eigenvalue weighted by atomic mass is 10.0. The van der Waals surface area contributed by atoms with Gasteiger partial charge in [-0.05, 0) is 59.1 Å². The van der Waals surface area contributed by atoms with Crippen LogP contribution in [0.1, 0.15) is 52.7 Å². The Labute approximate surface area is 179 Å². The van der Waals surface area contributed by atoms with Crippen LogP contribution in [0.4, 0.5) is 9.59 Å². The summed E-state index contributed by atoms with van der Waals surface area (Å²) in [5, 5.41) is 0. The second-order valence-electron chi connectivity index (χ2n) is 9.21. The lowest BCUT2D eigenvalue weighted by Crippen LogP contribution is -2.50. The molecule has 0 radical (unpaired) electrons. The van der Waals surface area contributed by atoms with Gasteiger partial charge in [0.25, 0.3) is 0 Å². The number of carbonyl (C=O) groups is 2. The third-order valence-electron chi connectivity index (χ3n) is 4.17. The Morgan fingerprint density at radius 2 is 1.70 bits per heavy atom.